The molecule has 2 N–H and O–H groups in total. The normalized spacial score (nSPS) is 12.4. The molecule has 4 nitrogen and oxygen atoms in total. The first kappa shape index (κ1) is 14.7. The summed E-state index contributed by atoms with van der Waals surface area (Å²) in [5.74, 6) is 1.64. The lowest BCUT2D eigenvalue weighted by Crippen LogP contribution is -2.35. The van der Waals surface area contributed by atoms with Gasteiger partial charge < -0.3 is 10.6 Å². The van der Waals surface area contributed by atoms with E-state index in [1.165, 1.54) is 12.8 Å². The van der Waals surface area contributed by atoms with Gasteiger partial charge in [0.15, 0.2) is 0 Å². The molecule has 0 fully saturated rings. The molecular weight excluding hydrogens is 224 g/mol. The largest absolute Gasteiger partial charge is 0.383 e. The SMILES string of the molecule is CCCCN(c1ncnc(N)c1CC)C(C)CC. The van der Waals surface area contributed by atoms with E-state index in [0.717, 1.165) is 30.8 Å². The summed E-state index contributed by atoms with van der Waals surface area (Å²) in [4.78, 5) is 10.9. The van der Waals surface area contributed by atoms with E-state index in [4.69, 9.17) is 5.73 Å². The van der Waals surface area contributed by atoms with Crippen molar-refractivity contribution in [3.8, 4) is 0 Å². The van der Waals surface area contributed by atoms with E-state index < -0.39 is 0 Å². The molecule has 0 aromatic carbocycles. The molecule has 0 saturated carbocycles. The van der Waals surface area contributed by atoms with Gasteiger partial charge in [0, 0.05) is 18.2 Å². The standard InChI is InChI=1S/C14H26N4/c1-5-8-9-18(11(4)6-2)14-12(7-3)13(15)16-10-17-14/h10-11H,5-9H2,1-4H3,(H2,15,16,17). The van der Waals surface area contributed by atoms with Gasteiger partial charge in [-0.1, -0.05) is 27.2 Å². The summed E-state index contributed by atoms with van der Waals surface area (Å²) in [6, 6.07) is 0.483. The molecule has 102 valence electrons. The van der Waals surface area contributed by atoms with Crippen molar-refractivity contribution in [1.29, 1.82) is 0 Å². The summed E-state index contributed by atoms with van der Waals surface area (Å²) in [5, 5.41) is 0. The Balaban J connectivity index is 3.07. The molecule has 4 heteroatoms. The average Bonchev–Trinajstić information content (AvgIpc) is 2.39. The van der Waals surface area contributed by atoms with Gasteiger partial charge in [0.05, 0.1) is 0 Å². The Morgan fingerprint density at radius 3 is 2.56 bits per heavy atom. The van der Waals surface area contributed by atoms with E-state index in [1.807, 2.05) is 0 Å². The highest BCUT2D eigenvalue weighted by molar-refractivity contribution is 5.57. The molecule has 1 atom stereocenters. The lowest BCUT2D eigenvalue weighted by Gasteiger charge is -2.31. The smallest absolute Gasteiger partial charge is 0.137 e. The fourth-order valence-corrected chi connectivity index (χ4v) is 2.09. The van der Waals surface area contributed by atoms with Gasteiger partial charge in [0.1, 0.15) is 18.0 Å². The van der Waals surface area contributed by atoms with Gasteiger partial charge in [-0.3, -0.25) is 0 Å². The Labute approximate surface area is 111 Å². The molecule has 0 saturated heterocycles. The molecule has 0 aliphatic carbocycles. The highest BCUT2D eigenvalue weighted by Crippen LogP contribution is 2.25. The molecule has 1 unspecified atom stereocenters. The third kappa shape index (κ3) is 3.34. The van der Waals surface area contributed by atoms with Crippen LogP contribution in [0, 0.1) is 0 Å². The lowest BCUT2D eigenvalue weighted by atomic mass is 10.1. The van der Waals surface area contributed by atoms with Gasteiger partial charge in [0.2, 0.25) is 0 Å². The molecule has 18 heavy (non-hydrogen) atoms. The number of hydrogen-bond acceptors (Lipinski definition) is 4. The fraction of sp³-hybridized carbons (Fsp3) is 0.714. The molecule has 0 amide bonds. The van der Waals surface area contributed by atoms with E-state index in [9.17, 15) is 0 Å². The second-order valence-corrected chi connectivity index (χ2v) is 4.72. The van der Waals surface area contributed by atoms with Crippen LogP contribution in [0.2, 0.25) is 0 Å². The van der Waals surface area contributed by atoms with Crippen LogP contribution in [0.5, 0.6) is 0 Å². The summed E-state index contributed by atoms with van der Waals surface area (Å²) in [6.45, 7) is 9.80. The first-order chi connectivity index (χ1) is 8.65. The number of nitrogens with two attached hydrogens (primary N) is 1. The number of nitrogen functional groups attached to an aromatic ring is 1. The van der Waals surface area contributed by atoms with E-state index in [-0.39, 0.29) is 0 Å². The Morgan fingerprint density at radius 2 is 2.00 bits per heavy atom. The van der Waals surface area contributed by atoms with Gasteiger partial charge >= 0.3 is 0 Å². The van der Waals surface area contributed by atoms with Gasteiger partial charge in [-0.2, -0.15) is 0 Å². The Kier molecular flexibility index (Phi) is 5.89. The number of aromatic nitrogens is 2. The minimum Gasteiger partial charge on any atom is -0.383 e. The zero-order valence-electron chi connectivity index (χ0n) is 12.1. The van der Waals surface area contributed by atoms with Crippen molar-refractivity contribution >= 4 is 11.6 Å². The lowest BCUT2D eigenvalue weighted by molar-refractivity contribution is 0.587. The summed E-state index contributed by atoms with van der Waals surface area (Å²) in [6.07, 6.45) is 5.93. The van der Waals surface area contributed by atoms with Crippen molar-refractivity contribution in [3.63, 3.8) is 0 Å². The van der Waals surface area contributed by atoms with E-state index >= 15 is 0 Å². The molecule has 0 spiro atoms. The van der Waals surface area contributed by atoms with Crippen LogP contribution in [0.4, 0.5) is 11.6 Å². The highest BCUT2D eigenvalue weighted by Gasteiger charge is 2.18. The monoisotopic (exact) mass is 250 g/mol. The van der Waals surface area contributed by atoms with Crippen molar-refractivity contribution < 1.29 is 0 Å². The van der Waals surface area contributed by atoms with Gasteiger partial charge in [0.25, 0.3) is 0 Å². The minimum absolute atomic E-state index is 0.483. The van der Waals surface area contributed by atoms with Crippen LogP contribution in [0.25, 0.3) is 0 Å². The van der Waals surface area contributed by atoms with Crippen molar-refractivity contribution in [1.82, 2.24) is 9.97 Å². The minimum atomic E-state index is 0.483. The van der Waals surface area contributed by atoms with E-state index in [0.29, 0.717) is 11.9 Å². The van der Waals surface area contributed by atoms with Crippen molar-refractivity contribution in [2.24, 2.45) is 0 Å². The van der Waals surface area contributed by atoms with Crippen LogP contribution >= 0.6 is 0 Å². The second-order valence-electron chi connectivity index (χ2n) is 4.72. The van der Waals surface area contributed by atoms with Crippen LogP contribution in [0.1, 0.15) is 52.5 Å². The molecule has 1 heterocycles. The predicted octanol–water partition coefficient (Wildman–Crippen LogP) is 3.03. The third-order valence-electron chi connectivity index (χ3n) is 3.46. The summed E-state index contributed by atoms with van der Waals surface area (Å²) < 4.78 is 0. The molecule has 0 radical (unpaired) electrons. The second kappa shape index (κ2) is 7.19. The Morgan fingerprint density at radius 1 is 1.28 bits per heavy atom. The maximum absolute atomic E-state index is 5.96. The molecule has 1 rings (SSSR count). The van der Waals surface area contributed by atoms with Gasteiger partial charge in [-0.15, -0.1) is 0 Å². The Bertz CT molecular complexity index is 365. The number of unbranched alkanes of at least 4 members (excludes halogenated alkanes) is 1. The summed E-state index contributed by atoms with van der Waals surface area (Å²) in [5.41, 5.74) is 7.04. The molecule has 0 aliphatic rings. The van der Waals surface area contributed by atoms with E-state index in [2.05, 4.69) is 42.6 Å². The fourth-order valence-electron chi connectivity index (χ4n) is 2.09. The van der Waals surface area contributed by atoms with E-state index in [1.54, 1.807) is 6.33 Å². The highest BCUT2D eigenvalue weighted by atomic mass is 15.2. The average molecular weight is 250 g/mol. The zero-order chi connectivity index (χ0) is 13.5. The quantitative estimate of drug-likeness (QED) is 0.808. The third-order valence-corrected chi connectivity index (χ3v) is 3.46. The van der Waals surface area contributed by atoms with Crippen LogP contribution in [-0.4, -0.2) is 22.6 Å². The summed E-state index contributed by atoms with van der Waals surface area (Å²) >= 11 is 0. The van der Waals surface area contributed by atoms with Crippen LogP contribution in [-0.2, 0) is 6.42 Å². The number of rotatable bonds is 7. The van der Waals surface area contributed by atoms with Gasteiger partial charge in [-0.25, -0.2) is 9.97 Å². The van der Waals surface area contributed by atoms with Crippen LogP contribution in [0.3, 0.4) is 0 Å². The Hall–Kier alpha value is -1.32. The zero-order valence-corrected chi connectivity index (χ0v) is 12.1. The topological polar surface area (TPSA) is 55.0 Å². The first-order valence-corrected chi connectivity index (χ1v) is 7.01. The van der Waals surface area contributed by atoms with Crippen LogP contribution in [0.15, 0.2) is 6.33 Å². The van der Waals surface area contributed by atoms with Gasteiger partial charge in [-0.05, 0) is 26.2 Å². The maximum atomic E-state index is 5.96. The van der Waals surface area contributed by atoms with Crippen molar-refractivity contribution in [2.75, 3.05) is 17.2 Å². The summed E-state index contributed by atoms with van der Waals surface area (Å²) in [7, 11) is 0. The van der Waals surface area contributed by atoms with Crippen LogP contribution < -0.4 is 10.6 Å². The van der Waals surface area contributed by atoms with Crippen molar-refractivity contribution in [3.05, 3.63) is 11.9 Å². The molecule has 1 aromatic rings. The molecule has 1 aromatic heterocycles. The molecule has 0 aliphatic heterocycles. The first-order valence-electron chi connectivity index (χ1n) is 7.01. The number of anilines is 2. The molecular formula is C14H26N4. The molecule has 0 bridgehead atoms. The number of nitrogens with zero attached hydrogens (tertiary/aromatic N) is 3. The van der Waals surface area contributed by atoms with Crippen molar-refractivity contribution in [2.45, 2.75) is 59.4 Å². The predicted molar refractivity (Wildman–Crippen MR) is 77.8 cm³/mol. The maximum Gasteiger partial charge on any atom is 0.137 e. The number of hydrogen-bond donors (Lipinski definition) is 1.